The number of hydrogen-bond donors (Lipinski definition) is 2. The third-order valence-electron chi connectivity index (χ3n) is 6.03. The number of aliphatic hydroxyl groups excluding tert-OH is 1. The lowest BCUT2D eigenvalue weighted by molar-refractivity contribution is -0.140. The highest BCUT2D eigenvalue weighted by atomic mass is 16.5. The third kappa shape index (κ3) is 4.90. The summed E-state index contributed by atoms with van der Waals surface area (Å²) in [5.74, 6) is -1.13. The molecular formula is C26H32N2O8. The predicted octanol–water partition coefficient (Wildman–Crippen LogP) is 2.80. The van der Waals surface area contributed by atoms with Crippen molar-refractivity contribution in [3.63, 3.8) is 0 Å². The zero-order valence-electron chi connectivity index (χ0n) is 21.3. The van der Waals surface area contributed by atoms with Crippen LogP contribution in [0.1, 0.15) is 23.6 Å². The first-order valence-electron chi connectivity index (χ1n) is 11.3. The van der Waals surface area contributed by atoms with Crippen molar-refractivity contribution in [1.82, 2.24) is 9.80 Å². The number of aliphatic hydroxyl groups is 1. The van der Waals surface area contributed by atoms with Crippen molar-refractivity contribution in [3.05, 3.63) is 47.0 Å². The second-order valence-corrected chi connectivity index (χ2v) is 8.46. The van der Waals surface area contributed by atoms with Crippen molar-refractivity contribution >= 4 is 17.4 Å². The van der Waals surface area contributed by atoms with Crippen LogP contribution in [0.25, 0.3) is 5.76 Å². The Kier molecular flexibility index (Phi) is 8.31. The number of hydrogen-bond acceptors (Lipinski definition) is 9. The van der Waals surface area contributed by atoms with Crippen molar-refractivity contribution in [2.24, 2.45) is 0 Å². The summed E-state index contributed by atoms with van der Waals surface area (Å²) in [5.41, 5.74) is 0.246. The standard InChI is InChI=1S/C26H32N2O8/c1-27(2)12-7-13-28-21(17-10-11-19(34-4)25(36-6)24(17)35-5)20(23(31)26(28)32)22(30)16-9-8-15(33-3)14-18(16)29/h8-11,14,21,29-30H,7,12-13H2,1-6H3/t21-/m1/s1. The fraction of sp³-hybridized carbons (Fsp3) is 0.385. The van der Waals surface area contributed by atoms with Crippen LogP contribution in [0.5, 0.6) is 28.7 Å². The lowest BCUT2D eigenvalue weighted by Crippen LogP contribution is -2.32. The molecule has 1 fully saturated rings. The van der Waals surface area contributed by atoms with Crippen LogP contribution in [0, 0.1) is 0 Å². The number of methoxy groups -OCH3 is 4. The molecule has 1 aliphatic rings. The predicted molar refractivity (Wildman–Crippen MR) is 133 cm³/mol. The zero-order valence-corrected chi connectivity index (χ0v) is 21.3. The number of aromatic hydroxyl groups is 1. The second-order valence-electron chi connectivity index (χ2n) is 8.46. The molecule has 0 bridgehead atoms. The minimum Gasteiger partial charge on any atom is -0.507 e. The summed E-state index contributed by atoms with van der Waals surface area (Å²) in [5, 5.41) is 21.8. The molecule has 1 saturated heterocycles. The SMILES string of the molecule is COc1ccc(C(O)=C2C(=O)C(=O)N(CCCN(C)C)[C@@H]2c2ccc(OC)c(OC)c2OC)c(O)c1. The normalized spacial score (nSPS) is 17.0. The van der Waals surface area contributed by atoms with Crippen molar-refractivity contribution in [2.75, 3.05) is 55.6 Å². The number of likely N-dealkylation sites (tertiary alicyclic amines) is 1. The van der Waals surface area contributed by atoms with Crippen LogP contribution >= 0.6 is 0 Å². The maximum atomic E-state index is 13.3. The van der Waals surface area contributed by atoms with E-state index in [9.17, 15) is 19.8 Å². The number of phenolic OH excluding ortho intramolecular Hbond substituents is 1. The molecule has 36 heavy (non-hydrogen) atoms. The van der Waals surface area contributed by atoms with E-state index in [0.29, 0.717) is 30.0 Å². The number of phenols is 1. The van der Waals surface area contributed by atoms with E-state index in [2.05, 4.69) is 0 Å². The second kappa shape index (κ2) is 11.2. The summed E-state index contributed by atoms with van der Waals surface area (Å²) in [6.07, 6.45) is 0.583. The van der Waals surface area contributed by atoms with Gasteiger partial charge in [-0.15, -0.1) is 0 Å². The largest absolute Gasteiger partial charge is 0.507 e. The molecule has 0 saturated carbocycles. The number of nitrogens with zero attached hydrogens (tertiary/aromatic N) is 2. The van der Waals surface area contributed by atoms with Gasteiger partial charge in [0.05, 0.1) is 45.6 Å². The Morgan fingerprint density at radius 1 is 0.972 bits per heavy atom. The lowest BCUT2D eigenvalue weighted by Gasteiger charge is -2.28. The number of ketones is 1. The van der Waals surface area contributed by atoms with E-state index in [1.165, 1.54) is 51.5 Å². The Labute approximate surface area is 210 Å². The molecule has 10 heteroatoms. The van der Waals surface area contributed by atoms with E-state index in [1.54, 1.807) is 12.1 Å². The number of benzene rings is 2. The minimum absolute atomic E-state index is 0.00784. The topological polar surface area (TPSA) is 118 Å². The molecule has 1 heterocycles. The molecule has 0 spiro atoms. The fourth-order valence-corrected chi connectivity index (χ4v) is 4.31. The molecule has 0 aliphatic carbocycles. The van der Waals surface area contributed by atoms with E-state index < -0.39 is 23.5 Å². The van der Waals surface area contributed by atoms with E-state index in [0.717, 1.165) is 0 Å². The number of Topliss-reactive ketones (excluding diaryl/α,β-unsaturated/α-hetero) is 1. The quantitative estimate of drug-likeness (QED) is 0.288. The van der Waals surface area contributed by atoms with Crippen LogP contribution < -0.4 is 18.9 Å². The Morgan fingerprint density at radius 3 is 2.22 bits per heavy atom. The van der Waals surface area contributed by atoms with Crippen LogP contribution in [0.2, 0.25) is 0 Å². The average Bonchev–Trinajstić information content (AvgIpc) is 3.11. The van der Waals surface area contributed by atoms with Gasteiger partial charge in [0, 0.05) is 18.2 Å². The van der Waals surface area contributed by atoms with Crippen LogP contribution in [0.3, 0.4) is 0 Å². The van der Waals surface area contributed by atoms with Crippen molar-refractivity contribution < 1.29 is 38.7 Å². The van der Waals surface area contributed by atoms with Gasteiger partial charge in [-0.3, -0.25) is 9.59 Å². The van der Waals surface area contributed by atoms with Gasteiger partial charge in [0.25, 0.3) is 11.7 Å². The van der Waals surface area contributed by atoms with Gasteiger partial charge < -0.3 is 39.0 Å². The van der Waals surface area contributed by atoms with Crippen molar-refractivity contribution in [1.29, 1.82) is 0 Å². The molecule has 3 rings (SSSR count). The van der Waals surface area contributed by atoms with Gasteiger partial charge in [-0.2, -0.15) is 0 Å². The Morgan fingerprint density at radius 2 is 1.67 bits per heavy atom. The van der Waals surface area contributed by atoms with Gasteiger partial charge in [0.15, 0.2) is 11.5 Å². The summed E-state index contributed by atoms with van der Waals surface area (Å²) in [6, 6.07) is 6.58. The van der Waals surface area contributed by atoms with Crippen LogP contribution in [0.4, 0.5) is 0 Å². The molecule has 2 aromatic rings. The number of carbonyl (C=O) groups excluding carboxylic acids is 2. The summed E-state index contributed by atoms with van der Waals surface area (Å²) in [6.45, 7) is 0.925. The Hall–Kier alpha value is -3.92. The summed E-state index contributed by atoms with van der Waals surface area (Å²) in [7, 11) is 9.64. The van der Waals surface area contributed by atoms with Gasteiger partial charge >= 0.3 is 0 Å². The van der Waals surface area contributed by atoms with Gasteiger partial charge in [-0.1, -0.05) is 0 Å². The Balaban J connectivity index is 2.26. The number of carbonyl (C=O) groups is 2. The number of rotatable bonds is 10. The smallest absolute Gasteiger partial charge is 0.295 e. The van der Waals surface area contributed by atoms with Crippen LogP contribution in [-0.2, 0) is 9.59 Å². The highest BCUT2D eigenvalue weighted by molar-refractivity contribution is 6.46. The molecule has 0 unspecified atom stereocenters. The molecule has 2 N–H and O–H groups in total. The summed E-state index contributed by atoms with van der Waals surface area (Å²) in [4.78, 5) is 29.9. The van der Waals surface area contributed by atoms with Crippen LogP contribution in [0.15, 0.2) is 35.9 Å². The van der Waals surface area contributed by atoms with Crippen molar-refractivity contribution in [3.8, 4) is 28.7 Å². The molecule has 1 amide bonds. The van der Waals surface area contributed by atoms with Gasteiger partial charge in [0.1, 0.15) is 17.3 Å². The van der Waals surface area contributed by atoms with E-state index in [-0.39, 0.29) is 34.9 Å². The first-order valence-corrected chi connectivity index (χ1v) is 11.3. The lowest BCUT2D eigenvalue weighted by atomic mass is 9.93. The molecule has 2 aromatic carbocycles. The maximum Gasteiger partial charge on any atom is 0.295 e. The first kappa shape index (κ1) is 26.7. The molecule has 10 nitrogen and oxygen atoms in total. The fourth-order valence-electron chi connectivity index (χ4n) is 4.31. The summed E-state index contributed by atoms with van der Waals surface area (Å²) >= 11 is 0. The highest BCUT2D eigenvalue weighted by Gasteiger charge is 2.47. The van der Waals surface area contributed by atoms with Crippen molar-refractivity contribution in [2.45, 2.75) is 12.5 Å². The zero-order chi connectivity index (χ0) is 26.6. The summed E-state index contributed by atoms with van der Waals surface area (Å²) < 4.78 is 21.6. The monoisotopic (exact) mass is 500 g/mol. The first-order chi connectivity index (χ1) is 17.2. The number of amides is 1. The molecule has 0 aromatic heterocycles. The molecule has 194 valence electrons. The van der Waals surface area contributed by atoms with Crippen LogP contribution in [-0.4, -0.2) is 87.3 Å². The average molecular weight is 501 g/mol. The molecular weight excluding hydrogens is 468 g/mol. The number of ether oxygens (including phenoxy) is 4. The molecule has 1 aliphatic heterocycles. The molecule has 1 atom stereocenters. The maximum absolute atomic E-state index is 13.3. The van der Waals surface area contributed by atoms with E-state index in [1.807, 2.05) is 19.0 Å². The molecule has 0 radical (unpaired) electrons. The van der Waals surface area contributed by atoms with E-state index in [4.69, 9.17) is 18.9 Å². The van der Waals surface area contributed by atoms with Gasteiger partial charge in [-0.25, -0.2) is 0 Å². The highest BCUT2D eigenvalue weighted by Crippen LogP contribution is 2.49. The van der Waals surface area contributed by atoms with E-state index >= 15 is 0 Å². The van der Waals surface area contributed by atoms with Gasteiger partial charge in [-0.05, 0) is 51.3 Å². The third-order valence-corrected chi connectivity index (χ3v) is 6.03. The minimum atomic E-state index is -0.997. The Bertz CT molecular complexity index is 1170. The van der Waals surface area contributed by atoms with Gasteiger partial charge in [0.2, 0.25) is 5.75 Å².